The topological polar surface area (TPSA) is 163 Å². The third-order valence-electron chi connectivity index (χ3n) is 4.86. The van der Waals surface area contributed by atoms with Crippen LogP contribution in [0.2, 0.25) is 0 Å². The minimum Gasteiger partial charge on any atom is -0.543 e. The van der Waals surface area contributed by atoms with Crippen LogP contribution in [0.5, 0.6) is 0 Å². The number of anilines is 1. The van der Waals surface area contributed by atoms with Gasteiger partial charge in [-0.3, -0.25) is 14.5 Å². The van der Waals surface area contributed by atoms with Crippen molar-refractivity contribution in [3.8, 4) is 0 Å². The first-order valence-electron chi connectivity index (χ1n) is 9.42. The number of hydrogen-bond donors (Lipinski definition) is 2. The van der Waals surface area contributed by atoms with Crippen molar-refractivity contribution in [3.63, 3.8) is 0 Å². The minimum absolute atomic E-state index is 0. The molecule has 3 N–H and O–H groups in total. The van der Waals surface area contributed by atoms with Gasteiger partial charge in [0, 0.05) is 16.0 Å². The molecule has 1 fully saturated rings. The van der Waals surface area contributed by atoms with E-state index in [1.54, 1.807) is 17.7 Å². The van der Waals surface area contributed by atoms with Crippen LogP contribution in [0.3, 0.4) is 0 Å². The van der Waals surface area contributed by atoms with Gasteiger partial charge in [0.05, 0.1) is 22.9 Å². The fourth-order valence-corrected chi connectivity index (χ4v) is 5.87. The number of nitrogens with one attached hydrogen (secondary N) is 1. The number of rotatable bonds is 7. The summed E-state index contributed by atoms with van der Waals surface area (Å²) in [4.78, 5) is 52.4. The monoisotopic (exact) mass is 528 g/mol. The standard InChI is InChI=1S/C19H18N6O5S3.Na/c1-8-11(33-7-21-8)4-3-9-5-31-17-13(16(27)25(17)14(9)18(28)29)23-15(26)12(24-30-2)10-6-32-19(20)22-10;/h3-4,6-7,13,17H,5H2,1-2H3,(H2,20,22)(H,23,26)(H,28,29);/q;+1/p-1/b4-3+,24-12-;/t13-,17-;/m1./s1. The Bertz CT molecular complexity index is 1220. The Labute approximate surface area is 228 Å². The van der Waals surface area contributed by atoms with Crippen LogP contribution in [0.15, 0.2) is 33.4 Å². The number of carboxylic acids is 1. The number of fused-ring (bicyclic) bond motifs is 1. The second-order valence-corrected chi connectivity index (χ2v) is 9.73. The molecule has 2 aliphatic heterocycles. The summed E-state index contributed by atoms with van der Waals surface area (Å²) < 4.78 is 0. The Hall–Kier alpha value is -2.23. The maximum Gasteiger partial charge on any atom is 1.00 e. The van der Waals surface area contributed by atoms with Crippen LogP contribution in [0.1, 0.15) is 16.3 Å². The number of β-lactam (4-membered cyclic amide) rings is 1. The molecule has 2 amide bonds. The Morgan fingerprint density at radius 3 is 2.74 bits per heavy atom. The van der Waals surface area contributed by atoms with Gasteiger partial charge < -0.3 is 25.8 Å². The van der Waals surface area contributed by atoms with Gasteiger partial charge in [0.25, 0.3) is 11.8 Å². The van der Waals surface area contributed by atoms with Gasteiger partial charge in [0.15, 0.2) is 10.8 Å². The van der Waals surface area contributed by atoms with E-state index >= 15 is 0 Å². The van der Waals surface area contributed by atoms with E-state index in [1.165, 1.54) is 35.6 Å². The maximum atomic E-state index is 12.8. The molecule has 2 aromatic heterocycles. The molecular weight excluding hydrogens is 511 g/mol. The van der Waals surface area contributed by atoms with Crippen LogP contribution in [0.25, 0.3) is 6.08 Å². The molecule has 2 aliphatic rings. The summed E-state index contributed by atoms with van der Waals surface area (Å²) in [5, 5.41) is 19.4. The van der Waals surface area contributed by atoms with E-state index in [0.717, 1.165) is 26.8 Å². The van der Waals surface area contributed by atoms with Crippen molar-refractivity contribution < 1.29 is 53.9 Å². The van der Waals surface area contributed by atoms with Crippen molar-refractivity contribution in [2.75, 3.05) is 18.6 Å². The molecule has 0 aliphatic carbocycles. The average molecular weight is 529 g/mol. The first kappa shape index (κ1) is 26.4. The molecule has 1 saturated heterocycles. The van der Waals surface area contributed by atoms with Crippen molar-refractivity contribution in [3.05, 3.63) is 44.5 Å². The second-order valence-electron chi connectivity index (χ2n) is 6.85. The van der Waals surface area contributed by atoms with E-state index in [9.17, 15) is 19.5 Å². The summed E-state index contributed by atoms with van der Waals surface area (Å²) in [5.74, 6) is -2.39. The van der Waals surface area contributed by atoms with Crippen LogP contribution in [0, 0.1) is 6.92 Å². The summed E-state index contributed by atoms with van der Waals surface area (Å²) in [5.41, 5.74) is 8.45. The van der Waals surface area contributed by atoms with E-state index in [-0.39, 0.29) is 51.8 Å². The number of nitrogen functional groups attached to an aromatic ring is 1. The number of carbonyl (C=O) groups excluding carboxylic acids is 3. The summed E-state index contributed by atoms with van der Waals surface area (Å²) >= 11 is 3.89. The van der Waals surface area contributed by atoms with Gasteiger partial charge in [-0.25, -0.2) is 9.97 Å². The van der Waals surface area contributed by atoms with E-state index < -0.39 is 29.2 Å². The molecule has 0 radical (unpaired) electrons. The molecule has 0 bridgehead atoms. The molecule has 4 heterocycles. The molecule has 172 valence electrons. The van der Waals surface area contributed by atoms with Gasteiger partial charge >= 0.3 is 29.6 Å². The zero-order valence-corrected chi connectivity index (χ0v) is 22.8. The Morgan fingerprint density at radius 1 is 1.38 bits per heavy atom. The molecule has 0 saturated carbocycles. The number of nitrogens with two attached hydrogens (primary N) is 1. The molecular formula is C19H17N6NaO5S3. The molecule has 4 rings (SSSR count). The molecule has 2 aromatic rings. The molecule has 0 unspecified atom stereocenters. The number of nitrogens with zero attached hydrogens (tertiary/aromatic N) is 4. The number of carbonyl (C=O) groups is 3. The predicted octanol–water partition coefficient (Wildman–Crippen LogP) is -3.04. The third kappa shape index (κ3) is 5.06. The predicted molar refractivity (Wildman–Crippen MR) is 123 cm³/mol. The van der Waals surface area contributed by atoms with Crippen molar-refractivity contribution in [2.24, 2.45) is 5.16 Å². The van der Waals surface area contributed by atoms with E-state index in [4.69, 9.17) is 10.6 Å². The molecule has 2 atom stereocenters. The number of amides is 2. The number of thioether (sulfide) groups is 1. The van der Waals surface area contributed by atoms with Gasteiger partial charge in [-0.2, -0.15) is 0 Å². The largest absolute Gasteiger partial charge is 1.00 e. The smallest absolute Gasteiger partial charge is 0.543 e. The SMILES string of the molecule is CO/N=C(\C(=O)N[C@@H]1C(=O)N2C(C(=O)[O-])=C(/C=C/c3scnc3C)CS[C@H]12)c1csc(N)n1.[Na+]. The fourth-order valence-electron chi connectivity index (χ4n) is 3.31. The maximum absolute atomic E-state index is 12.8. The summed E-state index contributed by atoms with van der Waals surface area (Å²) in [6.45, 7) is 1.85. The number of carboxylic acid groups (broad SMARTS) is 1. The zero-order valence-electron chi connectivity index (χ0n) is 18.3. The zero-order chi connectivity index (χ0) is 23.7. The van der Waals surface area contributed by atoms with Crippen molar-refractivity contribution in [1.29, 1.82) is 0 Å². The molecule has 0 aromatic carbocycles. The first-order valence-corrected chi connectivity index (χ1v) is 12.2. The average Bonchev–Trinajstić information content (AvgIpc) is 3.40. The second kappa shape index (κ2) is 11.0. The number of aryl methyl sites for hydroxylation is 1. The van der Waals surface area contributed by atoms with E-state index in [0.29, 0.717) is 11.3 Å². The Balaban J connectivity index is 0.00000324. The van der Waals surface area contributed by atoms with E-state index in [2.05, 4.69) is 20.4 Å². The van der Waals surface area contributed by atoms with Gasteiger partial charge in [0.1, 0.15) is 24.2 Å². The minimum atomic E-state index is -1.46. The fraction of sp³-hybridized carbons (Fsp3) is 0.263. The Kier molecular flexibility index (Phi) is 8.54. The first-order chi connectivity index (χ1) is 15.8. The van der Waals surface area contributed by atoms with Crippen LogP contribution in [0.4, 0.5) is 5.13 Å². The van der Waals surface area contributed by atoms with Crippen molar-refractivity contribution in [2.45, 2.75) is 18.3 Å². The molecule has 11 nitrogen and oxygen atoms in total. The van der Waals surface area contributed by atoms with Gasteiger partial charge in [-0.15, -0.1) is 34.4 Å². The molecule has 34 heavy (non-hydrogen) atoms. The number of aliphatic carboxylic acids is 1. The van der Waals surface area contributed by atoms with Gasteiger partial charge in [0.2, 0.25) is 0 Å². The van der Waals surface area contributed by atoms with Crippen molar-refractivity contribution in [1.82, 2.24) is 20.2 Å². The van der Waals surface area contributed by atoms with Crippen molar-refractivity contribution >= 4 is 69.1 Å². The number of oxime groups is 1. The quantitative estimate of drug-likeness (QED) is 0.165. The summed E-state index contributed by atoms with van der Waals surface area (Å²) in [6, 6.07) is -0.941. The normalized spacial score (nSPS) is 20.0. The number of thiazole rings is 2. The Morgan fingerprint density at radius 2 is 2.15 bits per heavy atom. The number of hydrogen-bond acceptors (Lipinski definition) is 12. The summed E-state index contributed by atoms with van der Waals surface area (Å²) in [7, 11) is 1.27. The van der Waals surface area contributed by atoms with Crippen LogP contribution >= 0.6 is 34.4 Å². The van der Waals surface area contributed by atoms with Crippen LogP contribution < -0.4 is 45.7 Å². The molecule has 0 spiro atoms. The molecule has 15 heteroatoms. The van der Waals surface area contributed by atoms with E-state index in [1.807, 2.05) is 6.92 Å². The van der Waals surface area contributed by atoms with Crippen LogP contribution in [-0.4, -0.2) is 62.6 Å². The third-order valence-corrected chi connectivity index (χ3v) is 7.73. The number of allylic oxidation sites excluding steroid dienone is 1. The number of aromatic nitrogens is 2. The van der Waals surface area contributed by atoms with Crippen LogP contribution in [-0.2, 0) is 19.2 Å². The van der Waals surface area contributed by atoms with Gasteiger partial charge in [-0.05, 0) is 18.6 Å². The summed E-state index contributed by atoms with van der Waals surface area (Å²) in [6.07, 6.45) is 3.42. The van der Waals surface area contributed by atoms with Gasteiger partial charge in [-0.1, -0.05) is 11.2 Å².